The summed E-state index contributed by atoms with van der Waals surface area (Å²) >= 11 is 1.01. The smallest absolute Gasteiger partial charge is 0.426 e. The molecule has 0 radical (unpaired) electrons. The summed E-state index contributed by atoms with van der Waals surface area (Å²) in [6.07, 6.45) is 0.794. The summed E-state index contributed by atoms with van der Waals surface area (Å²) in [7, 11) is 0. The lowest BCUT2D eigenvalue weighted by Crippen LogP contribution is -2.47. The molecule has 0 saturated carbocycles. The molecule has 3 N–H and O–H groups in total. The lowest BCUT2D eigenvalue weighted by molar-refractivity contribution is -0.137. The lowest BCUT2D eigenvalue weighted by atomic mass is 10.2. The van der Waals surface area contributed by atoms with Crippen molar-refractivity contribution in [2.24, 2.45) is 0 Å². The minimum atomic E-state index is -1.16. The fourth-order valence-corrected chi connectivity index (χ4v) is 1.60. The first kappa shape index (κ1) is 15.8. The molecule has 0 atom stereocenters. The zero-order valence-electron chi connectivity index (χ0n) is 10.8. The molecule has 8 heteroatoms. The monoisotopic (exact) mass is 297 g/mol. The van der Waals surface area contributed by atoms with Gasteiger partial charge in [0.25, 0.3) is 0 Å². The molecule has 0 unspecified atom stereocenters. The van der Waals surface area contributed by atoms with Crippen molar-refractivity contribution in [2.75, 3.05) is 12.8 Å². The van der Waals surface area contributed by atoms with Crippen LogP contribution in [0.4, 0.5) is 4.79 Å². The van der Waals surface area contributed by atoms with Crippen molar-refractivity contribution < 1.29 is 19.4 Å². The summed E-state index contributed by atoms with van der Waals surface area (Å²) in [4.78, 5) is 22.2. The number of rotatable bonds is 4. The number of carboxylic acid groups (broad SMARTS) is 1. The van der Waals surface area contributed by atoms with Gasteiger partial charge in [-0.1, -0.05) is 42.1 Å². The van der Waals surface area contributed by atoms with Crippen LogP contribution in [-0.4, -0.2) is 40.1 Å². The van der Waals surface area contributed by atoms with Crippen molar-refractivity contribution in [3.63, 3.8) is 0 Å². The second-order valence-electron chi connectivity index (χ2n) is 3.66. The lowest BCUT2D eigenvalue weighted by Gasteiger charge is -2.21. The Balaban J connectivity index is 2.49. The number of amidine groups is 1. The molecule has 1 amide bonds. The predicted octanol–water partition coefficient (Wildman–Crippen LogP) is 1.51. The number of carbonyl (C=O) groups excluding carboxylic acids is 1. The van der Waals surface area contributed by atoms with Gasteiger partial charge in [0.05, 0.1) is 0 Å². The van der Waals surface area contributed by atoms with Gasteiger partial charge in [0, 0.05) is 0 Å². The number of carboxylic acids is 1. The van der Waals surface area contributed by atoms with Gasteiger partial charge >= 0.3 is 12.1 Å². The molecule has 0 aliphatic heterocycles. The maximum absolute atomic E-state index is 11.6. The van der Waals surface area contributed by atoms with E-state index in [1.165, 1.54) is 0 Å². The van der Waals surface area contributed by atoms with E-state index < -0.39 is 18.6 Å². The molecule has 0 heterocycles. The Kier molecular flexibility index (Phi) is 6.38. The van der Waals surface area contributed by atoms with Gasteiger partial charge < -0.3 is 9.84 Å². The molecule has 0 spiro atoms. The molecule has 108 valence electrons. The van der Waals surface area contributed by atoms with E-state index in [0.29, 0.717) is 0 Å². The normalized spacial score (nSPS) is 9.65. The van der Waals surface area contributed by atoms with E-state index in [1.807, 2.05) is 18.2 Å². The fourth-order valence-electron chi connectivity index (χ4n) is 1.27. The summed E-state index contributed by atoms with van der Waals surface area (Å²) in [5.74, 6) is -1.16. The molecule has 1 aromatic rings. The topological polar surface area (TPSA) is 103 Å². The van der Waals surface area contributed by atoms with Crippen molar-refractivity contribution in [1.29, 1.82) is 5.41 Å². The molecule has 0 fully saturated rings. The molecule has 0 saturated heterocycles. The molecule has 20 heavy (non-hydrogen) atoms. The first-order chi connectivity index (χ1) is 9.52. The Morgan fingerprint density at radius 2 is 2.05 bits per heavy atom. The van der Waals surface area contributed by atoms with Crippen molar-refractivity contribution in [2.45, 2.75) is 6.61 Å². The summed E-state index contributed by atoms with van der Waals surface area (Å²) < 4.78 is 4.94. The Labute approximate surface area is 120 Å². The van der Waals surface area contributed by atoms with E-state index in [-0.39, 0.29) is 11.8 Å². The Morgan fingerprint density at radius 1 is 1.40 bits per heavy atom. The molecule has 0 aromatic heterocycles. The standard InChI is InChI=1S/C12H15N3O4S/c1-20-11(13)15(7-10(16)17)14-12(18)19-8-9-5-3-2-4-6-9/h2-6,13H,7-8H2,1H3,(H,14,18)(H,16,17). The van der Waals surface area contributed by atoms with Gasteiger partial charge in [0.15, 0.2) is 5.17 Å². The summed E-state index contributed by atoms with van der Waals surface area (Å²) in [6.45, 7) is -0.444. The van der Waals surface area contributed by atoms with E-state index in [0.717, 1.165) is 22.3 Å². The van der Waals surface area contributed by atoms with Crippen LogP contribution in [0.1, 0.15) is 5.56 Å². The summed E-state index contributed by atoms with van der Waals surface area (Å²) in [5.41, 5.74) is 3.03. The molecule has 7 nitrogen and oxygen atoms in total. The average Bonchev–Trinajstić information content (AvgIpc) is 2.44. The fraction of sp³-hybridized carbons (Fsp3) is 0.250. The van der Waals surface area contributed by atoms with Gasteiger partial charge in [-0.2, -0.15) is 0 Å². The number of nitrogens with zero attached hydrogens (tertiary/aromatic N) is 1. The first-order valence-corrected chi connectivity index (χ1v) is 6.84. The number of carbonyl (C=O) groups is 2. The molecule has 0 bridgehead atoms. The molecule has 0 aliphatic carbocycles. The Hall–Kier alpha value is -2.22. The minimum Gasteiger partial charge on any atom is -0.480 e. The minimum absolute atomic E-state index is 0.0696. The highest BCUT2D eigenvalue weighted by atomic mass is 32.2. The highest BCUT2D eigenvalue weighted by Crippen LogP contribution is 2.03. The van der Waals surface area contributed by atoms with E-state index in [9.17, 15) is 9.59 Å². The first-order valence-electron chi connectivity index (χ1n) is 5.62. The maximum Gasteiger partial charge on any atom is 0.426 e. The van der Waals surface area contributed by atoms with Gasteiger partial charge in [-0.3, -0.25) is 10.2 Å². The second-order valence-corrected chi connectivity index (χ2v) is 4.46. The highest BCUT2D eigenvalue weighted by molar-refractivity contribution is 8.13. The zero-order chi connectivity index (χ0) is 15.0. The van der Waals surface area contributed by atoms with Crippen LogP contribution >= 0.6 is 11.8 Å². The Morgan fingerprint density at radius 3 is 2.60 bits per heavy atom. The van der Waals surface area contributed by atoms with Crippen molar-refractivity contribution in [3.05, 3.63) is 35.9 Å². The van der Waals surface area contributed by atoms with Gasteiger partial charge in [-0.15, -0.1) is 0 Å². The van der Waals surface area contributed by atoms with E-state index in [4.69, 9.17) is 15.3 Å². The van der Waals surface area contributed by atoms with Crippen molar-refractivity contribution in [3.8, 4) is 0 Å². The number of hydrogen-bond acceptors (Lipinski definition) is 5. The molecular weight excluding hydrogens is 282 g/mol. The second kappa shape index (κ2) is 8.05. The highest BCUT2D eigenvalue weighted by Gasteiger charge is 2.16. The third kappa shape index (κ3) is 5.61. The van der Waals surface area contributed by atoms with Crippen LogP contribution < -0.4 is 5.43 Å². The van der Waals surface area contributed by atoms with Crippen LogP contribution in [0, 0.1) is 5.41 Å². The third-order valence-corrected chi connectivity index (χ3v) is 2.78. The summed E-state index contributed by atoms with van der Waals surface area (Å²) in [5, 5.41) is 17.1. The third-order valence-electron chi connectivity index (χ3n) is 2.17. The predicted molar refractivity (Wildman–Crippen MR) is 75.3 cm³/mol. The molecular formula is C12H15N3O4S. The van der Waals surface area contributed by atoms with Crippen LogP contribution in [0.15, 0.2) is 30.3 Å². The quantitative estimate of drug-likeness (QED) is 0.442. The number of nitrogens with one attached hydrogen (secondary N) is 2. The van der Waals surface area contributed by atoms with E-state index in [1.54, 1.807) is 18.4 Å². The zero-order valence-corrected chi connectivity index (χ0v) is 11.6. The summed E-state index contributed by atoms with van der Waals surface area (Å²) in [6, 6.07) is 9.07. The van der Waals surface area contributed by atoms with Gasteiger partial charge in [0.2, 0.25) is 0 Å². The van der Waals surface area contributed by atoms with Crippen molar-refractivity contribution >= 4 is 29.0 Å². The number of amides is 1. The van der Waals surface area contributed by atoms with Crippen LogP contribution in [0.2, 0.25) is 0 Å². The molecule has 1 aromatic carbocycles. The number of hydrazine groups is 1. The van der Waals surface area contributed by atoms with Crippen LogP contribution in [0.25, 0.3) is 0 Å². The van der Waals surface area contributed by atoms with Crippen molar-refractivity contribution in [1.82, 2.24) is 10.4 Å². The van der Waals surface area contributed by atoms with E-state index in [2.05, 4.69) is 5.43 Å². The maximum atomic E-state index is 11.6. The molecule has 1 rings (SSSR count). The number of thioether (sulfide) groups is 1. The SMILES string of the molecule is CSC(=N)N(CC(=O)O)NC(=O)OCc1ccccc1. The number of ether oxygens (including phenoxy) is 1. The van der Waals surface area contributed by atoms with Gasteiger partial charge in [-0.05, 0) is 11.8 Å². The molecule has 0 aliphatic rings. The number of aliphatic carboxylic acids is 1. The van der Waals surface area contributed by atoms with Gasteiger partial charge in [0.1, 0.15) is 13.2 Å². The average molecular weight is 297 g/mol. The van der Waals surface area contributed by atoms with Crippen LogP contribution in [0.3, 0.4) is 0 Å². The van der Waals surface area contributed by atoms with Gasteiger partial charge in [-0.25, -0.2) is 15.2 Å². The van der Waals surface area contributed by atoms with Crippen LogP contribution in [-0.2, 0) is 16.1 Å². The Bertz CT molecular complexity index is 481. The van der Waals surface area contributed by atoms with Crippen LogP contribution in [0.5, 0.6) is 0 Å². The number of benzene rings is 1. The largest absolute Gasteiger partial charge is 0.480 e. The number of hydrogen-bond donors (Lipinski definition) is 3. The van der Waals surface area contributed by atoms with E-state index >= 15 is 0 Å².